The van der Waals surface area contributed by atoms with Crippen LogP contribution in [0, 0.1) is 0 Å². The van der Waals surface area contributed by atoms with Crippen LogP contribution in [0.15, 0.2) is 90.5 Å². The van der Waals surface area contributed by atoms with Crippen LogP contribution in [0.25, 0.3) is 6.08 Å². The van der Waals surface area contributed by atoms with Gasteiger partial charge in [-0.2, -0.15) is 0 Å². The molecule has 3 nitrogen and oxygen atoms in total. The Kier molecular flexibility index (Phi) is 5.29. The van der Waals surface area contributed by atoms with Gasteiger partial charge in [-0.05, 0) is 0 Å². The molecule has 3 aliphatic rings. The van der Waals surface area contributed by atoms with Crippen molar-refractivity contribution in [3.63, 3.8) is 0 Å². The van der Waals surface area contributed by atoms with E-state index in [9.17, 15) is 9.59 Å². The van der Waals surface area contributed by atoms with Gasteiger partial charge in [0, 0.05) is 0 Å². The molecule has 7 rings (SSSR count). The number of hydrogen-bond donors (Lipinski definition) is 0. The van der Waals surface area contributed by atoms with Gasteiger partial charge < -0.3 is 0 Å². The zero-order valence-electron chi connectivity index (χ0n) is 19.9. The van der Waals surface area contributed by atoms with Crippen LogP contribution >= 0.6 is 0 Å². The van der Waals surface area contributed by atoms with Gasteiger partial charge in [-0.1, -0.05) is 0 Å². The van der Waals surface area contributed by atoms with Crippen LogP contribution in [0.1, 0.15) is 43.6 Å². The topological polar surface area (TPSA) is 37.4 Å². The van der Waals surface area contributed by atoms with Crippen LogP contribution in [-0.4, -0.2) is 40.1 Å². The van der Waals surface area contributed by atoms with Crippen molar-refractivity contribution in [1.29, 1.82) is 0 Å². The Hall–Kier alpha value is -2.97. The first kappa shape index (κ1) is 22.2. The molecule has 0 unspecified atom stereocenters. The molecule has 2 aliphatic heterocycles. The monoisotopic (exact) mass is 601 g/mol. The van der Waals surface area contributed by atoms with Crippen molar-refractivity contribution < 1.29 is 9.59 Å². The number of nitrogens with zero attached hydrogens (tertiary/aromatic N) is 1. The Labute approximate surface area is 221 Å². The van der Waals surface area contributed by atoms with Crippen LogP contribution in [0.3, 0.4) is 0 Å². The third-order valence-corrected chi connectivity index (χ3v) is 16.3. The Morgan fingerprint density at radius 1 is 0.667 bits per heavy atom. The average Bonchev–Trinajstić information content (AvgIpc) is 3.48. The number of benzene rings is 3. The summed E-state index contributed by atoms with van der Waals surface area (Å²) in [5.41, 5.74) is 4.08. The number of rotatable bonds is 2. The number of Topliss-reactive ketones (excluding diaryl/α,β-unsaturated/α-hetero) is 2. The van der Waals surface area contributed by atoms with Crippen molar-refractivity contribution in [3.8, 4) is 0 Å². The third kappa shape index (κ3) is 3.23. The van der Waals surface area contributed by atoms with Crippen molar-refractivity contribution in [1.82, 2.24) is 0 Å². The van der Waals surface area contributed by atoms with Gasteiger partial charge in [-0.25, -0.2) is 0 Å². The molecule has 4 aromatic rings. The summed E-state index contributed by atoms with van der Waals surface area (Å²) in [4.78, 5) is 28.4. The Balaban J connectivity index is 1.34. The van der Waals surface area contributed by atoms with Gasteiger partial charge in [0.2, 0.25) is 0 Å². The van der Waals surface area contributed by atoms with E-state index in [1.54, 1.807) is 22.5 Å². The molecule has 1 spiro atoms. The molecule has 0 bridgehead atoms. The minimum absolute atomic E-state index is 0.142. The summed E-state index contributed by atoms with van der Waals surface area (Å²) in [6.45, 7) is 0. The van der Waals surface area contributed by atoms with E-state index in [-0.39, 0.29) is 11.6 Å². The zero-order valence-corrected chi connectivity index (χ0v) is 23.2. The predicted molar refractivity (Wildman–Crippen MR) is 150 cm³/mol. The van der Waals surface area contributed by atoms with Gasteiger partial charge >= 0.3 is 223 Å². The second-order valence-corrected chi connectivity index (χ2v) is 17.3. The number of hydrogen-bond acceptors (Lipinski definition) is 3. The van der Waals surface area contributed by atoms with Crippen LogP contribution in [-0.2, 0) is 0 Å². The Bertz CT molecular complexity index is 1490. The molecule has 5 heteroatoms. The molecule has 0 radical (unpaired) electrons. The standard InChI is InChI=1S/C31H25NO2SiTe/c33-30-22-10-2-3-11-23(22)31(34)24(30)20-21-16-17-29(36-21)32-25-12-4-6-14-27(25)35(18-8-1-9-19-35)28-15-7-5-13-26(28)32/h2-7,10-17,20H,1,8-9,18-19H2. The average molecular weight is 599 g/mol. The van der Waals surface area contributed by atoms with E-state index < -0.39 is 28.5 Å². The van der Waals surface area contributed by atoms with E-state index in [2.05, 4.69) is 65.6 Å². The second kappa shape index (κ2) is 8.56. The number of anilines is 3. The molecule has 3 aromatic carbocycles. The van der Waals surface area contributed by atoms with E-state index in [0.29, 0.717) is 16.7 Å². The SMILES string of the molecule is O=C1C(=Cc2ccc(N3c4ccccc4[Si]4(CCCCC4)c4ccccc43)[te]2)C(=O)c2ccccc21. The number of fused-ring (bicyclic) bond motifs is 5. The fourth-order valence-corrected chi connectivity index (χ4v) is 14.8. The summed E-state index contributed by atoms with van der Waals surface area (Å²) >= 11 is -0.774. The summed E-state index contributed by atoms with van der Waals surface area (Å²) < 4.78 is 2.45. The molecule has 0 atom stereocenters. The molecule has 1 fully saturated rings. The molecular weight excluding hydrogens is 574 g/mol. The first-order chi connectivity index (χ1) is 17.7. The first-order valence-corrected chi connectivity index (χ1v) is 17.4. The molecule has 0 N–H and O–H groups in total. The number of para-hydroxylation sites is 2. The van der Waals surface area contributed by atoms with Gasteiger partial charge in [0.25, 0.3) is 0 Å². The van der Waals surface area contributed by atoms with Gasteiger partial charge in [-0.3, -0.25) is 0 Å². The predicted octanol–water partition coefficient (Wildman–Crippen LogP) is 5.74. The summed E-state index contributed by atoms with van der Waals surface area (Å²) in [5, 5.41) is 3.17. The molecule has 176 valence electrons. The number of carbonyl (C=O) groups is 2. The molecule has 36 heavy (non-hydrogen) atoms. The first-order valence-electron chi connectivity index (χ1n) is 12.7. The van der Waals surface area contributed by atoms with E-state index >= 15 is 0 Å². The Morgan fingerprint density at radius 2 is 1.22 bits per heavy atom. The summed E-state index contributed by atoms with van der Waals surface area (Å²) in [6, 6.07) is 32.4. The van der Waals surface area contributed by atoms with Crippen LogP contribution in [0.5, 0.6) is 0 Å². The van der Waals surface area contributed by atoms with E-state index in [0.717, 1.165) is 3.58 Å². The molecule has 1 aromatic heterocycles. The van der Waals surface area contributed by atoms with Crippen LogP contribution < -0.4 is 15.3 Å². The van der Waals surface area contributed by atoms with E-state index in [1.807, 2.05) is 18.2 Å². The maximum absolute atomic E-state index is 13.0. The van der Waals surface area contributed by atoms with Crippen LogP contribution in [0.4, 0.5) is 15.1 Å². The van der Waals surface area contributed by atoms with Crippen LogP contribution in [0.2, 0.25) is 12.1 Å². The fraction of sp³-hybridized carbons (Fsp3) is 0.161. The molecule has 3 heterocycles. The number of allylic oxidation sites excluding steroid dienone is 1. The third-order valence-electron chi connectivity index (χ3n) is 8.05. The molecule has 1 aliphatic carbocycles. The van der Waals surface area contributed by atoms with Crippen molar-refractivity contribution in [2.24, 2.45) is 0 Å². The van der Waals surface area contributed by atoms with Gasteiger partial charge in [0.15, 0.2) is 0 Å². The summed E-state index contributed by atoms with van der Waals surface area (Å²) in [5.74, 6) is -0.285. The number of ketones is 2. The zero-order chi connectivity index (χ0) is 24.3. The van der Waals surface area contributed by atoms with Crippen molar-refractivity contribution in [3.05, 3.63) is 105 Å². The van der Waals surface area contributed by atoms with E-state index in [1.165, 1.54) is 46.4 Å². The van der Waals surface area contributed by atoms with Gasteiger partial charge in [-0.15, -0.1) is 0 Å². The molecule has 1 saturated heterocycles. The van der Waals surface area contributed by atoms with Gasteiger partial charge in [0.1, 0.15) is 0 Å². The van der Waals surface area contributed by atoms with Crippen molar-refractivity contribution in [2.75, 3.05) is 4.90 Å². The normalized spacial score (nSPS) is 17.7. The quantitative estimate of drug-likeness (QED) is 0.168. The summed E-state index contributed by atoms with van der Waals surface area (Å²) in [6.07, 6.45) is 5.88. The van der Waals surface area contributed by atoms with E-state index in [4.69, 9.17) is 0 Å². The van der Waals surface area contributed by atoms with Crippen molar-refractivity contribution in [2.45, 2.75) is 31.4 Å². The molecular formula is C31H25NO2SiTe. The Morgan fingerprint density at radius 3 is 1.83 bits per heavy atom. The minimum atomic E-state index is -1.78. The second-order valence-electron chi connectivity index (χ2n) is 9.95. The number of carbonyl (C=O) groups excluding carboxylic acids is 2. The van der Waals surface area contributed by atoms with Crippen molar-refractivity contribution >= 4 is 71.6 Å². The molecule has 0 amide bonds. The van der Waals surface area contributed by atoms with Gasteiger partial charge in [0.05, 0.1) is 0 Å². The summed E-state index contributed by atoms with van der Waals surface area (Å²) in [7, 11) is -1.78. The fourth-order valence-electron chi connectivity index (χ4n) is 6.44. The maximum atomic E-state index is 13.0. The molecule has 0 saturated carbocycles.